The van der Waals surface area contributed by atoms with E-state index in [9.17, 15) is 9.59 Å². The number of nitrogens with one attached hydrogen (secondary N) is 1. The Bertz CT molecular complexity index is 490. The first-order chi connectivity index (χ1) is 7.32. The van der Waals surface area contributed by atoms with Crippen LogP contribution < -0.4 is 11.1 Å². The van der Waals surface area contributed by atoms with Gasteiger partial charge >= 0.3 is 5.97 Å². The Labute approximate surface area is 96.3 Å². The van der Waals surface area contributed by atoms with Gasteiger partial charge in [-0.2, -0.15) is 0 Å². The van der Waals surface area contributed by atoms with Gasteiger partial charge < -0.3 is 16.2 Å². The first-order valence-corrected chi connectivity index (χ1v) is 5.60. The molecule has 86 valence electrons. The lowest BCUT2D eigenvalue weighted by Gasteiger charge is -2.30. The van der Waals surface area contributed by atoms with Gasteiger partial charge in [-0.15, -0.1) is 11.3 Å². The Morgan fingerprint density at radius 1 is 1.56 bits per heavy atom. The highest BCUT2D eigenvalue weighted by Crippen LogP contribution is 2.36. The summed E-state index contributed by atoms with van der Waals surface area (Å²) in [5.41, 5.74) is 5.85. The van der Waals surface area contributed by atoms with Crippen LogP contribution in [0.25, 0.3) is 0 Å². The Morgan fingerprint density at radius 2 is 2.19 bits per heavy atom. The van der Waals surface area contributed by atoms with Crippen LogP contribution in [0.1, 0.15) is 39.4 Å². The van der Waals surface area contributed by atoms with Crippen LogP contribution >= 0.6 is 11.3 Å². The predicted molar refractivity (Wildman–Crippen MR) is 60.9 cm³/mol. The molecule has 1 amide bonds. The van der Waals surface area contributed by atoms with Gasteiger partial charge in [0.1, 0.15) is 5.00 Å². The zero-order chi connectivity index (χ0) is 12.1. The number of aromatic carboxylic acids is 1. The van der Waals surface area contributed by atoms with Crippen LogP contribution in [0.4, 0.5) is 5.00 Å². The van der Waals surface area contributed by atoms with Crippen molar-refractivity contribution in [2.75, 3.05) is 5.73 Å². The summed E-state index contributed by atoms with van der Waals surface area (Å²) >= 11 is 1.04. The molecule has 1 aromatic rings. The number of carboxylic acid groups (broad SMARTS) is 1. The van der Waals surface area contributed by atoms with Crippen molar-refractivity contribution in [3.63, 3.8) is 0 Å². The molecule has 0 spiro atoms. The topological polar surface area (TPSA) is 92.4 Å². The minimum absolute atomic E-state index is 0.0860. The third-order valence-electron chi connectivity index (χ3n) is 2.53. The molecule has 0 fully saturated rings. The van der Waals surface area contributed by atoms with E-state index in [0.29, 0.717) is 16.9 Å². The molecule has 1 aromatic heterocycles. The van der Waals surface area contributed by atoms with Gasteiger partial charge in [-0.1, -0.05) is 0 Å². The first-order valence-electron chi connectivity index (χ1n) is 4.79. The molecule has 2 rings (SSSR count). The van der Waals surface area contributed by atoms with Crippen molar-refractivity contribution in [3.05, 3.63) is 16.0 Å². The molecule has 2 heterocycles. The normalized spacial score (nSPS) is 17.8. The van der Waals surface area contributed by atoms with Crippen molar-refractivity contribution in [3.8, 4) is 0 Å². The summed E-state index contributed by atoms with van der Waals surface area (Å²) in [4.78, 5) is 23.2. The highest BCUT2D eigenvalue weighted by Gasteiger charge is 2.36. The molecule has 0 aromatic carbocycles. The van der Waals surface area contributed by atoms with E-state index in [1.807, 2.05) is 13.8 Å². The maximum atomic E-state index is 11.7. The number of hydrogen-bond donors (Lipinski definition) is 3. The zero-order valence-electron chi connectivity index (χ0n) is 8.96. The second-order valence-corrected chi connectivity index (χ2v) is 5.52. The van der Waals surface area contributed by atoms with Crippen LogP contribution in [0, 0.1) is 0 Å². The van der Waals surface area contributed by atoms with Crippen LogP contribution in [0.15, 0.2) is 0 Å². The number of nitrogens with two attached hydrogens (primary N) is 1. The average molecular weight is 240 g/mol. The van der Waals surface area contributed by atoms with Gasteiger partial charge in [0.2, 0.25) is 0 Å². The molecule has 1 aliphatic rings. The number of amides is 1. The van der Waals surface area contributed by atoms with E-state index in [1.54, 1.807) is 0 Å². The summed E-state index contributed by atoms with van der Waals surface area (Å²) < 4.78 is 0. The fourth-order valence-corrected chi connectivity index (χ4v) is 2.90. The van der Waals surface area contributed by atoms with Crippen molar-refractivity contribution in [2.24, 2.45) is 0 Å². The number of carboxylic acids is 1. The summed E-state index contributed by atoms with van der Waals surface area (Å²) in [7, 11) is 0. The molecule has 16 heavy (non-hydrogen) atoms. The van der Waals surface area contributed by atoms with Crippen LogP contribution in [0.2, 0.25) is 0 Å². The molecular weight excluding hydrogens is 228 g/mol. The molecule has 0 saturated carbocycles. The summed E-state index contributed by atoms with van der Waals surface area (Å²) in [5.74, 6) is -1.31. The van der Waals surface area contributed by atoms with Crippen molar-refractivity contribution in [2.45, 2.75) is 25.8 Å². The molecule has 5 nitrogen and oxygen atoms in total. The lowest BCUT2D eigenvalue weighted by Crippen LogP contribution is -2.48. The number of nitrogen functional groups attached to an aromatic ring is 1. The maximum absolute atomic E-state index is 11.7. The monoisotopic (exact) mass is 240 g/mol. The van der Waals surface area contributed by atoms with E-state index in [2.05, 4.69) is 5.32 Å². The van der Waals surface area contributed by atoms with Gasteiger partial charge in [0.25, 0.3) is 5.91 Å². The van der Waals surface area contributed by atoms with Gasteiger partial charge in [-0.25, -0.2) is 4.79 Å². The van der Waals surface area contributed by atoms with Crippen molar-refractivity contribution >= 4 is 28.2 Å². The number of thiophene rings is 1. The van der Waals surface area contributed by atoms with E-state index in [4.69, 9.17) is 10.8 Å². The third kappa shape index (κ3) is 1.55. The zero-order valence-corrected chi connectivity index (χ0v) is 9.77. The first kappa shape index (κ1) is 10.9. The van der Waals surface area contributed by atoms with E-state index in [0.717, 1.165) is 11.3 Å². The standard InChI is InChI=1S/C10H12N2O3S/c1-10(2)3-4-5(9(14)15)7(11)16-6(4)8(13)12-10/h3,11H2,1-2H3,(H,12,13)(H,14,15). The number of carbonyl (C=O) groups excluding carboxylic acids is 1. The molecule has 4 N–H and O–H groups in total. The summed E-state index contributed by atoms with van der Waals surface area (Å²) in [6.07, 6.45) is 0.489. The highest BCUT2D eigenvalue weighted by atomic mass is 32.1. The van der Waals surface area contributed by atoms with Gasteiger partial charge in [0, 0.05) is 5.54 Å². The lowest BCUT2D eigenvalue weighted by atomic mass is 9.89. The molecule has 0 unspecified atom stereocenters. The van der Waals surface area contributed by atoms with Crippen LogP contribution in [-0.2, 0) is 6.42 Å². The van der Waals surface area contributed by atoms with Crippen LogP contribution in [-0.4, -0.2) is 22.5 Å². The van der Waals surface area contributed by atoms with E-state index < -0.39 is 11.5 Å². The number of fused-ring (bicyclic) bond motifs is 1. The Morgan fingerprint density at radius 3 is 2.75 bits per heavy atom. The smallest absolute Gasteiger partial charge is 0.339 e. The highest BCUT2D eigenvalue weighted by molar-refractivity contribution is 7.18. The van der Waals surface area contributed by atoms with Crippen molar-refractivity contribution in [1.82, 2.24) is 5.32 Å². The predicted octanol–water partition coefficient (Wildman–Crippen LogP) is 1.09. The summed E-state index contributed by atoms with van der Waals surface area (Å²) in [6.45, 7) is 3.71. The third-order valence-corrected chi connectivity index (χ3v) is 3.58. The second kappa shape index (κ2) is 3.21. The van der Waals surface area contributed by atoms with Crippen LogP contribution in [0.5, 0.6) is 0 Å². The number of hydrogen-bond acceptors (Lipinski definition) is 4. The van der Waals surface area contributed by atoms with Gasteiger partial charge in [0.05, 0.1) is 10.4 Å². The van der Waals surface area contributed by atoms with E-state index in [1.165, 1.54) is 0 Å². The van der Waals surface area contributed by atoms with Gasteiger partial charge in [-0.05, 0) is 25.8 Å². The van der Waals surface area contributed by atoms with Crippen LogP contribution in [0.3, 0.4) is 0 Å². The van der Waals surface area contributed by atoms with E-state index >= 15 is 0 Å². The van der Waals surface area contributed by atoms with Gasteiger partial charge in [0.15, 0.2) is 0 Å². The molecule has 0 saturated heterocycles. The molecule has 0 radical (unpaired) electrons. The fourth-order valence-electron chi connectivity index (χ4n) is 1.92. The molecule has 6 heteroatoms. The molecule has 0 bridgehead atoms. The lowest BCUT2D eigenvalue weighted by molar-refractivity contribution is 0.0697. The maximum Gasteiger partial charge on any atom is 0.339 e. The quantitative estimate of drug-likeness (QED) is 0.685. The van der Waals surface area contributed by atoms with Crippen molar-refractivity contribution in [1.29, 1.82) is 0 Å². The fraction of sp³-hybridized carbons (Fsp3) is 0.400. The minimum Gasteiger partial charge on any atom is -0.478 e. The minimum atomic E-state index is -1.07. The molecule has 0 atom stereocenters. The SMILES string of the molecule is CC1(C)Cc2c(sc(N)c2C(=O)O)C(=O)N1. The number of carbonyl (C=O) groups is 2. The molecule has 1 aliphatic heterocycles. The number of anilines is 1. The largest absolute Gasteiger partial charge is 0.478 e. The molecular formula is C10H12N2O3S. The Balaban J connectivity index is 2.63. The van der Waals surface area contributed by atoms with Crippen molar-refractivity contribution < 1.29 is 14.7 Å². The number of rotatable bonds is 1. The second-order valence-electron chi connectivity index (χ2n) is 4.47. The van der Waals surface area contributed by atoms with Gasteiger partial charge in [-0.3, -0.25) is 4.79 Å². The van der Waals surface area contributed by atoms with E-state index in [-0.39, 0.29) is 16.5 Å². The Hall–Kier alpha value is -1.56. The summed E-state index contributed by atoms with van der Waals surface area (Å²) in [5, 5.41) is 12.1. The average Bonchev–Trinajstić information content (AvgIpc) is 2.39. The summed E-state index contributed by atoms with van der Waals surface area (Å²) in [6, 6.07) is 0. The molecule has 0 aliphatic carbocycles. The Kier molecular flexibility index (Phi) is 2.20.